The van der Waals surface area contributed by atoms with Crippen LogP contribution in [0.2, 0.25) is 0 Å². The fourth-order valence-corrected chi connectivity index (χ4v) is 1.91. The third-order valence-corrected chi connectivity index (χ3v) is 2.61. The Morgan fingerprint density at radius 3 is 2.92 bits per heavy atom. The third-order valence-electron chi connectivity index (χ3n) is 2.61. The van der Waals surface area contributed by atoms with Gasteiger partial charge in [-0.2, -0.15) is 0 Å². The van der Waals surface area contributed by atoms with E-state index in [1.54, 1.807) is 0 Å². The van der Waals surface area contributed by atoms with E-state index in [4.69, 9.17) is 7.85 Å². The van der Waals surface area contributed by atoms with Crippen molar-refractivity contribution < 1.29 is 0 Å². The van der Waals surface area contributed by atoms with Crippen LogP contribution in [0.1, 0.15) is 16.7 Å². The van der Waals surface area contributed by atoms with E-state index in [1.165, 1.54) is 16.7 Å². The van der Waals surface area contributed by atoms with E-state index < -0.39 is 0 Å². The van der Waals surface area contributed by atoms with E-state index >= 15 is 0 Å². The Balaban J connectivity index is 2.50. The molecular weight excluding hydrogens is 157 g/mol. The maximum atomic E-state index is 5.62. The zero-order valence-electron chi connectivity index (χ0n) is 7.88. The summed E-state index contributed by atoms with van der Waals surface area (Å²) in [5.41, 5.74) is 4.98. The topological polar surface area (TPSA) is 3.24 Å². The Morgan fingerprint density at radius 2 is 2.31 bits per heavy atom. The molecule has 1 nitrogen and oxygen atoms in total. The highest BCUT2D eigenvalue weighted by Crippen LogP contribution is 2.32. The first-order valence-corrected chi connectivity index (χ1v) is 4.47. The Labute approximate surface area is 80.5 Å². The van der Waals surface area contributed by atoms with Crippen LogP contribution in [-0.2, 0) is 6.54 Å². The minimum Gasteiger partial charge on any atom is -0.376 e. The summed E-state index contributed by atoms with van der Waals surface area (Å²) in [6.45, 7) is 7.08. The van der Waals surface area contributed by atoms with Gasteiger partial charge in [-0.3, -0.25) is 0 Å². The molecule has 0 aromatic heterocycles. The van der Waals surface area contributed by atoms with Crippen LogP contribution < -0.4 is 0 Å². The average molecular weight is 169 g/mol. The van der Waals surface area contributed by atoms with E-state index in [-0.39, 0.29) is 0 Å². The zero-order chi connectivity index (χ0) is 9.42. The second-order valence-corrected chi connectivity index (χ2v) is 3.44. The first-order chi connectivity index (χ1) is 6.24. The number of hydrogen-bond acceptors (Lipinski definition) is 1. The van der Waals surface area contributed by atoms with Gasteiger partial charge in [0.15, 0.2) is 0 Å². The van der Waals surface area contributed by atoms with E-state index in [0.29, 0.717) is 6.44 Å². The van der Waals surface area contributed by atoms with Crippen LogP contribution in [0.5, 0.6) is 0 Å². The zero-order valence-corrected chi connectivity index (χ0v) is 7.88. The predicted molar refractivity (Wildman–Crippen MR) is 56.4 cm³/mol. The van der Waals surface area contributed by atoms with Crippen molar-refractivity contribution in [2.75, 3.05) is 6.44 Å². The molecule has 0 saturated heterocycles. The molecule has 0 amide bonds. The number of aryl methyl sites for hydroxylation is 1. The van der Waals surface area contributed by atoms with Crippen LogP contribution in [0.3, 0.4) is 0 Å². The first kappa shape index (κ1) is 8.42. The van der Waals surface area contributed by atoms with Gasteiger partial charge in [-0.1, -0.05) is 24.8 Å². The van der Waals surface area contributed by atoms with Crippen LogP contribution in [0, 0.1) is 6.92 Å². The fraction of sp³-hybridized carbons (Fsp3) is 0.273. The Hall–Kier alpha value is -1.18. The maximum Gasteiger partial charge on any atom is 0.0943 e. The average Bonchev–Trinajstić information content (AvgIpc) is 2.44. The molecule has 0 N–H and O–H groups in total. The van der Waals surface area contributed by atoms with Crippen molar-refractivity contribution in [2.24, 2.45) is 0 Å². The summed E-state index contributed by atoms with van der Waals surface area (Å²) in [6, 6.07) is 6.34. The van der Waals surface area contributed by atoms with E-state index in [1.807, 2.05) is 0 Å². The highest BCUT2D eigenvalue weighted by molar-refractivity contribution is 6.09. The molecule has 0 spiro atoms. The van der Waals surface area contributed by atoms with Crippen molar-refractivity contribution in [1.82, 2.24) is 4.90 Å². The molecule has 0 saturated carbocycles. The summed E-state index contributed by atoms with van der Waals surface area (Å²) >= 11 is 0. The summed E-state index contributed by atoms with van der Waals surface area (Å²) in [5.74, 6) is 0. The molecule has 1 aliphatic rings. The lowest BCUT2D eigenvalue weighted by Gasteiger charge is -2.16. The smallest absolute Gasteiger partial charge is 0.0943 e. The lowest BCUT2D eigenvalue weighted by atomic mass is 10.0. The molecule has 2 radical (unpaired) electrons. The van der Waals surface area contributed by atoms with Crippen molar-refractivity contribution in [3.63, 3.8) is 0 Å². The van der Waals surface area contributed by atoms with Crippen molar-refractivity contribution in [3.8, 4) is 0 Å². The summed E-state index contributed by atoms with van der Waals surface area (Å²) < 4.78 is 0. The number of nitrogens with zero attached hydrogens (tertiary/aromatic N) is 1. The van der Waals surface area contributed by atoms with E-state index in [2.05, 4.69) is 36.6 Å². The molecular formula is C11H12BN. The molecule has 0 aliphatic carbocycles. The highest BCUT2D eigenvalue weighted by Gasteiger charge is 2.21. The minimum absolute atomic E-state index is 0.549. The summed E-state index contributed by atoms with van der Waals surface area (Å²) in [5, 5.41) is 0. The lowest BCUT2D eigenvalue weighted by Crippen LogP contribution is -2.16. The Kier molecular flexibility index (Phi) is 1.91. The maximum absolute atomic E-state index is 5.62. The predicted octanol–water partition coefficient (Wildman–Crippen LogP) is 1.91. The molecule has 2 rings (SSSR count). The van der Waals surface area contributed by atoms with Crippen LogP contribution in [0.25, 0.3) is 5.70 Å². The second-order valence-electron chi connectivity index (χ2n) is 3.44. The van der Waals surface area contributed by atoms with Gasteiger partial charge in [0.05, 0.1) is 7.85 Å². The minimum atomic E-state index is 0.549. The molecule has 1 aromatic carbocycles. The molecule has 0 unspecified atom stereocenters. The molecule has 2 heteroatoms. The normalized spacial score (nSPS) is 14.8. The fourth-order valence-electron chi connectivity index (χ4n) is 1.91. The van der Waals surface area contributed by atoms with E-state index in [9.17, 15) is 0 Å². The molecule has 1 heterocycles. The van der Waals surface area contributed by atoms with Gasteiger partial charge in [0.2, 0.25) is 0 Å². The van der Waals surface area contributed by atoms with Gasteiger partial charge in [0, 0.05) is 17.8 Å². The van der Waals surface area contributed by atoms with Gasteiger partial charge >= 0.3 is 0 Å². The Bertz CT molecular complexity index is 357. The largest absolute Gasteiger partial charge is 0.376 e. The lowest BCUT2D eigenvalue weighted by molar-refractivity contribution is 0.478. The summed E-state index contributed by atoms with van der Waals surface area (Å²) in [7, 11) is 5.62. The quantitative estimate of drug-likeness (QED) is 0.580. The summed E-state index contributed by atoms with van der Waals surface area (Å²) in [6.07, 6.45) is 0.549. The monoisotopic (exact) mass is 169 g/mol. The van der Waals surface area contributed by atoms with Crippen LogP contribution >= 0.6 is 0 Å². The Morgan fingerprint density at radius 1 is 1.54 bits per heavy atom. The second kappa shape index (κ2) is 2.95. The third kappa shape index (κ3) is 1.17. The van der Waals surface area contributed by atoms with Gasteiger partial charge in [-0.05, 0) is 24.5 Å². The van der Waals surface area contributed by atoms with Crippen molar-refractivity contribution in [1.29, 1.82) is 0 Å². The van der Waals surface area contributed by atoms with Gasteiger partial charge in [0.25, 0.3) is 0 Å². The summed E-state index contributed by atoms with van der Waals surface area (Å²) in [4.78, 5) is 2.09. The molecule has 0 fully saturated rings. The first-order valence-electron chi connectivity index (χ1n) is 4.47. The van der Waals surface area contributed by atoms with Crippen molar-refractivity contribution >= 4 is 13.5 Å². The van der Waals surface area contributed by atoms with Crippen molar-refractivity contribution in [3.05, 3.63) is 41.5 Å². The molecule has 13 heavy (non-hydrogen) atoms. The van der Waals surface area contributed by atoms with E-state index in [0.717, 1.165) is 12.2 Å². The number of fused-ring (bicyclic) bond motifs is 1. The number of rotatable bonds is 1. The van der Waals surface area contributed by atoms with Crippen LogP contribution in [0.4, 0.5) is 0 Å². The van der Waals surface area contributed by atoms with Crippen LogP contribution in [0.15, 0.2) is 24.8 Å². The molecule has 1 aliphatic heterocycles. The number of benzene rings is 1. The molecule has 0 atom stereocenters. The highest BCUT2D eigenvalue weighted by atomic mass is 15.1. The van der Waals surface area contributed by atoms with Crippen LogP contribution in [-0.4, -0.2) is 19.2 Å². The molecule has 64 valence electrons. The standard InChI is InChI=1S/C11H12BN/c1-8-4-3-5-10-6-13(7-12)9(2)11(8)10/h3-5H,2,6-7H2,1H3. The van der Waals surface area contributed by atoms with Gasteiger partial charge < -0.3 is 4.90 Å². The van der Waals surface area contributed by atoms with Gasteiger partial charge in [-0.25, -0.2) is 0 Å². The SMILES string of the molecule is [B]CN1Cc2cccc(C)c2C1=C. The van der Waals surface area contributed by atoms with Gasteiger partial charge in [0.1, 0.15) is 0 Å². The molecule has 0 bridgehead atoms. The van der Waals surface area contributed by atoms with Crippen molar-refractivity contribution in [2.45, 2.75) is 13.5 Å². The van der Waals surface area contributed by atoms with Gasteiger partial charge in [-0.15, -0.1) is 0 Å². The molecule has 1 aromatic rings. The number of hydrogen-bond donors (Lipinski definition) is 0.